The molecule has 24 heavy (non-hydrogen) atoms. The van der Waals surface area contributed by atoms with Gasteiger partial charge in [0, 0.05) is 10.6 Å². The fraction of sp³-hybridized carbons (Fsp3) is 0.176. The molecule has 2 rings (SSSR count). The molecule has 1 N–H and O–H groups in total. The summed E-state index contributed by atoms with van der Waals surface area (Å²) in [6.45, 7) is 1.77. The topological polar surface area (TPSA) is 59.9 Å². The van der Waals surface area contributed by atoms with Crippen LogP contribution in [0.5, 0.6) is 11.5 Å². The normalized spacial score (nSPS) is 11.1. The van der Waals surface area contributed by atoms with Gasteiger partial charge in [0.25, 0.3) is 5.91 Å². The van der Waals surface area contributed by atoms with Gasteiger partial charge < -0.3 is 9.47 Å². The fourth-order valence-corrected chi connectivity index (χ4v) is 2.49. The highest BCUT2D eigenvalue weighted by Gasteiger charge is 2.11. The second-order valence-electron chi connectivity index (χ2n) is 4.83. The molecule has 126 valence electrons. The van der Waals surface area contributed by atoms with Crippen LogP contribution in [0.3, 0.4) is 0 Å². The first-order valence-corrected chi connectivity index (χ1v) is 7.74. The molecule has 0 bridgehead atoms. The lowest BCUT2D eigenvalue weighted by atomic mass is 10.1. The summed E-state index contributed by atoms with van der Waals surface area (Å²) in [5, 5.41) is 4.82. The van der Waals surface area contributed by atoms with E-state index in [0.717, 1.165) is 5.56 Å². The molecular weight excluding hydrogens is 351 g/mol. The van der Waals surface area contributed by atoms with Crippen LogP contribution in [-0.4, -0.2) is 25.8 Å². The number of carbonyl (C=O) groups is 1. The zero-order chi connectivity index (χ0) is 17.7. The Kier molecular flexibility index (Phi) is 6.06. The molecule has 0 atom stereocenters. The highest BCUT2D eigenvalue weighted by Crippen LogP contribution is 2.27. The predicted molar refractivity (Wildman–Crippen MR) is 95.7 cm³/mol. The third-order valence-corrected chi connectivity index (χ3v) is 3.85. The molecule has 1 amide bonds. The van der Waals surface area contributed by atoms with E-state index in [1.54, 1.807) is 45.4 Å². The number of rotatable bonds is 5. The van der Waals surface area contributed by atoms with Crippen molar-refractivity contribution in [3.05, 3.63) is 57.6 Å². The van der Waals surface area contributed by atoms with E-state index in [0.29, 0.717) is 27.8 Å². The maximum atomic E-state index is 12.1. The van der Waals surface area contributed by atoms with Crippen molar-refractivity contribution in [3.63, 3.8) is 0 Å². The zero-order valence-corrected chi connectivity index (χ0v) is 14.9. The third-order valence-electron chi connectivity index (χ3n) is 3.30. The molecule has 0 saturated heterocycles. The van der Waals surface area contributed by atoms with Gasteiger partial charge in [-0.15, -0.1) is 0 Å². The lowest BCUT2D eigenvalue weighted by Crippen LogP contribution is -2.19. The Bertz CT molecular complexity index is 791. The van der Waals surface area contributed by atoms with E-state index in [1.165, 1.54) is 6.07 Å². The van der Waals surface area contributed by atoms with Crippen molar-refractivity contribution in [1.82, 2.24) is 5.43 Å². The molecule has 0 saturated carbocycles. The average molecular weight is 367 g/mol. The van der Waals surface area contributed by atoms with Crippen molar-refractivity contribution < 1.29 is 14.3 Å². The largest absolute Gasteiger partial charge is 0.493 e. The molecule has 0 radical (unpaired) electrons. The van der Waals surface area contributed by atoms with E-state index in [-0.39, 0.29) is 5.02 Å². The maximum absolute atomic E-state index is 12.1. The van der Waals surface area contributed by atoms with Crippen molar-refractivity contribution in [2.24, 2.45) is 5.10 Å². The molecule has 0 aliphatic carbocycles. The maximum Gasteiger partial charge on any atom is 0.272 e. The molecule has 0 spiro atoms. The lowest BCUT2D eigenvalue weighted by Gasteiger charge is -2.09. The summed E-state index contributed by atoms with van der Waals surface area (Å²) in [6, 6.07) is 10.0. The van der Waals surface area contributed by atoms with Gasteiger partial charge in [0.15, 0.2) is 11.5 Å². The van der Waals surface area contributed by atoms with E-state index >= 15 is 0 Å². The van der Waals surface area contributed by atoms with Crippen LogP contribution in [-0.2, 0) is 0 Å². The fourth-order valence-electron chi connectivity index (χ4n) is 1.99. The number of hydrazone groups is 1. The smallest absolute Gasteiger partial charge is 0.272 e. The molecule has 0 unspecified atom stereocenters. The molecule has 0 heterocycles. The van der Waals surface area contributed by atoms with Gasteiger partial charge in [-0.1, -0.05) is 23.2 Å². The van der Waals surface area contributed by atoms with Gasteiger partial charge >= 0.3 is 0 Å². The van der Waals surface area contributed by atoms with Gasteiger partial charge in [0.05, 0.1) is 30.5 Å². The molecule has 0 aliphatic rings. The zero-order valence-electron chi connectivity index (χ0n) is 13.4. The molecule has 2 aromatic carbocycles. The second kappa shape index (κ2) is 8.04. The Hall–Kier alpha value is -2.24. The van der Waals surface area contributed by atoms with E-state index < -0.39 is 5.91 Å². The highest BCUT2D eigenvalue weighted by molar-refractivity contribution is 6.36. The van der Waals surface area contributed by atoms with Crippen LogP contribution in [0.25, 0.3) is 0 Å². The van der Waals surface area contributed by atoms with Crippen LogP contribution in [0, 0.1) is 0 Å². The SMILES string of the molecule is COc1ccc(/C(C)=N/NC(=O)c2ccc(Cl)cc2Cl)cc1OC. The van der Waals surface area contributed by atoms with Gasteiger partial charge in [0.2, 0.25) is 0 Å². The second-order valence-corrected chi connectivity index (χ2v) is 5.68. The summed E-state index contributed by atoms with van der Waals surface area (Å²) in [7, 11) is 3.12. The lowest BCUT2D eigenvalue weighted by molar-refractivity contribution is 0.0955. The number of hydrogen-bond acceptors (Lipinski definition) is 4. The molecule has 7 heteroatoms. The minimum atomic E-state index is -0.420. The first kappa shape index (κ1) is 18.1. The van der Waals surface area contributed by atoms with Crippen LogP contribution in [0.1, 0.15) is 22.8 Å². The molecule has 5 nitrogen and oxygen atoms in total. The quantitative estimate of drug-likeness (QED) is 0.638. The van der Waals surface area contributed by atoms with Crippen LogP contribution in [0.2, 0.25) is 10.0 Å². The van der Waals surface area contributed by atoms with E-state index in [1.807, 2.05) is 6.07 Å². The Morgan fingerprint density at radius 2 is 1.75 bits per heavy atom. The number of nitrogens with zero attached hydrogens (tertiary/aromatic N) is 1. The van der Waals surface area contributed by atoms with Gasteiger partial charge in [-0.25, -0.2) is 5.43 Å². The van der Waals surface area contributed by atoms with Crippen molar-refractivity contribution in [1.29, 1.82) is 0 Å². The Balaban J connectivity index is 2.18. The summed E-state index contributed by atoms with van der Waals surface area (Å²) in [4.78, 5) is 12.1. The minimum Gasteiger partial charge on any atom is -0.493 e. The number of halogens is 2. The first-order chi connectivity index (χ1) is 11.5. The molecular formula is C17H16Cl2N2O3. The van der Waals surface area contributed by atoms with Gasteiger partial charge in [0.1, 0.15) is 0 Å². The molecule has 0 aromatic heterocycles. The van der Waals surface area contributed by atoms with E-state index in [4.69, 9.17) is 32.7 Å². The Labute approximate surface area is 150 Å². The van der Waals surface area contributed by atoms with Gasteiger partial charge in [-0.2, -0.15) is 5.10 Å². The van der Waals surface area contributed by atoms with Crippen molar-refractivity contribution in [2.45, 2.75) is 6.92 Å². The first-order valence-electron chi connectivity index (χ1n) is 6.98. The highest BCUT2D eigenvalue weighted by atomic mass is 35.5. The summed E-state index contributed by atoms with van der Waals surface area (Å²) in [5.41, 5.74) is 4.16. The third kappa shape index (κ3) is 4.19. The number of carbonyl (C=O) groups excluding carboxylic acids is 1. The van der Waals surface area contributed by atoms with Crippen molar-refractivity contribution in [2.75, 3.05) is 14.2 Å². The average Bonchev–Trinajstić information content (AvgIpc) is 2.58. The molecule has 0 fully saturated rings. The number of amides is 1. The van der Waals surface area contributed by atoms with E-state index in [2.05, 4.69) is 10.5 Å². The monoisotopic (exact) mass is 366 g/mol. The van der Waals surface area contributed by atoms with Crippen LogP contribution in [0.4, 0.5) is 0 Å². The Morgan fingerprint density at radius 1 is 1.04 bits per heavy atom. The predicted octanol–water partition coefficient (Wildman–Crippen LogP) is 4.16. The number of ether oxygens (including phenoxy) is 2. The minimum absolute atomic E-state index is 0.263. The Morgan fingerprint density at radius 3 is 2.38 bits per heavy atom. The number of benzene rings is 2. The van der Waals surface area contributed by atoms with Gasteiger partial charge in [-0.05, 0) is 43.3 Å². The van der Waals surface area contributed by atoms with E-state index in [9.17, 15) is 4.79 Å². The van der Waals surface area contributed by atoms with Crippen LogP contribution < -0.4 is 14.9 Å². The number of hydrogen-bond donors (Lipinski definition) is 1. The number of nitrogens with one attached hydrogen (secondary N) is 1. The van der Waals surface area contributed by atoms with Crippen LogP contribution in [0.15, 0.2) is 41.5 Å². The van der Waals surface area contributed by atoms with Crippen molar-refractivity contribution in [3.8, 4) is 11.5 Å². The standard InChI is InChI=1S/C17H16Cl2N2O3/c1-10(11-4-7-15(23-2)16(8-11)24-3)20-21-17(22)13-6-5-12(18)9-14(13)19/h4-9H,1-3H3,(H,21,22)/b20-10+. The summed E-state index contributed by atoms with van der Waals surface area (Å²) in [6.07, 6.45) is 0. The van der Waals surface area contributed by atoms with Gasteiger partial charge in [-0.3, -0.25) is 4.79 Å². The van der Waals surface area contributed by atoms with Crippen molar-refractivity contribution >= 4 is 34.8 Å². The number of methoxy groups -OCH3 is 2. The summed E-state index contributed by atoms with van der Waals surface area (Å²) < 4.78 is 10.4. The summed E-state index contributed by atoms with van der Waals surface area (Å²) in [5.74, 6) is 0.777. The molecule has 2 aromatic rings. The molecule has 0 aliphatic heterocycles. The summed E-state index contributed by atoms with van der Waals surface area (Å²) >= 11 is 11.8. The van der Waals surface area contributed by atoms with Crippen LogP contribution >= 0.6 is 23.2 Å².